The fraction of sp³-hybridized carbons (Fsp3) is 0.182. The largest absolute Gasteiger partial charge is 0.324 e. The van der Waals surface area contributed by atoms with Crippen LogP contribution in [0.3, 0.4) is 0 Å². The van der Waals surface area contributed by atoms with Crippen LogP contribution in [0.1, 0.15) is 0 Å². The van der Waals surface area contributed by atoms with E-state index in [0.717, 1.165) is 0 Å². The SMILES string of the molecule is Cn1cnc(S(=O)(=O)Nc2ccccc2S(C)=O)c1Cl. The monoisotopic (exact) mass is 333 g/mol. The third-order valence-corrected chi connectivity index (χ3v) is 5.36. The van der Waals surface area contributed by atoms with Crippen LogP contribution in [0.25, 0.3) is 0 Å². The van der Waals surface area contributed by atoms with Crippen molar-refractivity contribution in [2.45, 2.75) is 9.92 Å². The van der Waals surface area contributed by atoms with Gasteiger partial charge in [-0.15, -0.1) is 0 Å². The Bertz CT molecular complexity index is 771. The fourth-order valence-electron chi connectivity index (χ4n) is 1.57. The zero-order valence-electron chi connectivity index (χ0n) is 10.7. The molecule has 1 aromatic carbocycles. The summed E-state index contributed by atoms with van der Waals surface area (Å²) in [6.07, 6.45) is 2.78. The number of hydrogen-bond donors (Lipinski definition) is 1. The van der Waals surface area contributed by atoms with E-state index < -0.39 is 20.8 Å². The van der Waals surface area contributed by atoms with Crippen molar-refractivity contribution in [3.63, 3.8) is 0 Å². The molecule has 20 heavy (non-hydrogen) atoms. The van der Waals surface area contributed by atoms with E-state index in [1.807, 2.05) is 0 Å². The van der Waals surface area contributed by atoms with Crippen molar-refractivity contribution in [3.8, 4) is 0 Å². The third kappa shape index (κ3) is 2.87. The summed E-state index contributed by atoms with van der Waals surface area (Å²) in [7, 11) is -3.66. The molecule has 9 heteroatoms. The van der Waals surface area contributed by atoms with E-state index in [1.165, 1.54) is 23.2 Å². The lowest BCUT2D eigenvalue weighted by molar-refractivity contribution is 0.598. The molecule has 6 nitrogen and oxygen atoms in total. The van der Waals surface area contributed by atoms with Crippen molar-refractivity contribution in [1.29, 1.82) is 0 Å². The van der Waals surface area contributed by atoms with Crippen molar-refractivity contribution in [2.75, 3.05) is 11.0 Å². The highest BCUT2D eigenvalue weighted by Gasteiger charge is 2.23. The second kappa shape index (κ2) is 5.55. The lowest BCUT2D eigenvalue weighted by Gasteiger charge is -2.09. The molecule has 1 aromatic heterocycles. The van der Waals surface area contributed by atoms with Gasteiger partial charge in [-0.1, -0.05) is 23.7 Å². The Labute approximate surface area is 124 Å². The third-order valence-electron chi connectivity index (χ3n) is 2.53. The number of aryl methyl sites for hydroxylation is 1. The van der Waals surface area contributed by atoms with Gasteiger partial charge in [-0.25, -0.2) is 4.98 Å². The first kappa shape index (κ1) is 15.0. The molecule has 1 heterocycles. The molecule has 2 rings (SSSR count). The Morgan fingerprint density at radius 2 is 2.00 bits per heavy atom. The normalized spacial score (nSPS) is 13.2. The van der Waals surface area contributed by atoms with Gasteiger partial charge in [-0.2, -0.15) is 8.42 Å². The summed E-state index contributed by atoms with van der Waals surface area (Å²) in [5, 5.41) is -0.258. The summed E-state index contributed by atoms with van der Waals surface area (Å²) in [6, 6.07) is 6.45. The Balaban J connectivity index is 2.44. The Hall–Kier alpha value is -1.38. The van der Waals surface area contributed by atoms with Gasteiger partial charge in [0.05, 0.1) is 27.7 Å². The van der Waals surface area contributed by atoms with E-state index in [4.69, 9.17) is 11.6 Å². The molecule has 0 aliphatic heterocycles. The number of sulfonamides is 1. The van der Waals surface area contributed by atoms with E-state index in [9.17, 15) is 12.6 Å². The van der Waals surface area contributed by atoms with Crippen molar-refractivity contribution in [2.24, 2.45) is 7.05 Å². The van der Waals surface area contributed by atoms with Crippen LogP contribution in [-0.2, 0) is 27.9 Å². The molecule has 0 bridgehead atoms. The number of rotatable bonds is 4. The average molecular weight is 334 g/mol. The van der Waals surface area contributed by atoms with Crippen molar-refractivity contribution < 1.29 is 12.6 Å². The minimum atomic E-state index is -3.93. The van der Waals surface area contributed by atoms with Crippen LogP contribution in [0.5, 0.6) is 0 Å². The van der Waals surface area contributed by atoms with Crippen molar-refractivity contribution >= 4 is 38.1 Å². The number of nitrogens with one attached hydrogen (secondary N) is 1. The number of halogens is 1. The molecule has 1 unspecified atom stereocenters. The van der Waals surface area contributed by atoms with Gasteiger partial charge < -0.3 is 4.57 Å². The molecular formula is C11H12ClN3O3S2. The lowest BCUT2D eigenvalue weighted by atomic mass is 10.3. The molecule has 0 aliphatic rings. The number of aromatic nitrogens is 2. The summed E-state index contributed by atoms with van der Waals surface area (Å²) in [5.74, 6) is 0. The quantitative estimate of drug-likeness (QED) is 0.921. The number of para-hydroxylation sites is 1. The number of anilines is 1. The van der Waals surface area contributed by atoms with Crippen LogP contribution in [0, 0.1) is 0 Å². The van der Waals surface area contributed by atoms with Gasteiger partial charge >= 0.3 is 0 Å². The smallest absolute Gasteiger partial charge is 0.282 e. The van der Waals surface area contributed by atoms with E-state index >= 15 is 0 Å². The molecule has 108 valence electrons. The lowest BCUT2D eigenvalue weighted by Crippen LogP contribution is -2.15. The second-order valence-corrected chi connectivity index (χ2v) is 7.31. The molecule has 0 fully saturated rings. The highest BCUT2D eigenvalue weighted by atomic mass is 35.5. The van der Waals surface area contributed by atoms with Crippen LogP contribution in [0.15, 0.2) is 40.5 Å². The van der Waals surface area contributed by atoms with Crippen LogP contribution in [-0.4, -0.2) is 28.4 Å². The molecule has 0 radical (unpaired) electrons. The minimum Gasteiger partial charge on any atom is -0.324 e. The van der Waals surface area contributed by atoms with Gasteiger partial charge in [-0.3, -0.25) is 8.93 Å². The Morgan fingerprint density at radius 1 is 1.35 bits per heavy atom. The van der Waals surface area contributed by atoms with E-state index in [1.54, 1.807) is 25.2 Å². The average Bonchev–Trinajstić information content (AvgIpc) is 2.70. The summed E-state index contributed by atoms with van der Waals surface area (Å²) in [6.45, 7) is 0. The molecule has 2 aromatic rings. The minimum absolute atomic E-state index is 0.00704. The second-order valence-electron chi connectivity index (χ2n) is 4.01. The van der Waals surface area contributed by atoms with E-state index in [-0.39, 0.29) is 15.9 Å². The predicted molar refractivity (Wildman–Crippen MR) is 77.8 cm³/mol. The van der Waals surface area contributed by atoms with Gasteiger partial charge in [0.1, 0.15) is 5.15 Å². The fourth-order valence-corrected chi connectivity index (χ4v) is 3.85. The maximum absolute atomic E-state index is 12.2. The highest BCUT2D eigenvalue weighted by molar-refractivity contribution is 7.92. The van der Waals surface area contributed by atoms with E-state index in [0.29, 0.717) is 4.90 Å². The summed E-state index contributed by atoms with van der Waals surface area (Å²) >= 11 is 5.88. The standard InChI is InChI=1S/C11H12ClN3O3S2/c1-15-7-13-11(10(15)12)20(17,18)14-8-5-3-4-6-9(8)19(2)16/h3-7,14H,1-2H3. The highest BCUT2D eigenvalue weighted by Crippen LogP contribution is 2.24. The molecular weight excluding hydrogens is 322 g/mol. The molecule has 1 atom stereocenters. The first-order valence-electron chi connectivity index (χ1n) is 5.45. The van der Waals surface area contributed by atoms with E-state index in [2.05, 4.69) is 9.71 Å². The summed E-state index contributed by atoms with van der Waals surface area (Å²) in [4.78, 5) is 4.15. The molecule has 0 spiro atoms. The first-order valence-corrected chi connectivity index (χ1v) is 8.87. The topological polar surface area (TPSA) is 81.1 Å². The van der Waals surface area contributed by atoms with Crippen LogP contribution >= 0.6 is 11.6 Å². The van der Waals surface area contributed by atoms with Gasteiger partial charge in [0.2, 0.25) is 5.03 Å². The van der Waals surface area contributed by atoms with Gasteiger partial charge in [0.15, 0.2) is 0 Å². The molecule has 0 amide bonds. The van der Waals surface area contributed by atoms with Gasteiger partial charge in [-0.05, 0) is 12.1 Å². The van der Waals surface area contributed by atoms with Crippen molar-refractivity contribution in [3.05, 3.63) is 35.7 Å². The van der Waals surface area contributed by atoms with Gasteiger partial charge in [0, 0.05) is 13.3 Å². The Kier molecular flexibility index (Phi) is 4.17. The van der Waals surface area contributed by atoms with Crippen molar-refractivity contribution in [1.82, 2.24) is 9.55 Å². The summed E-state index contributed by atoms with van der Waals surface area (Å²) in [5.41, 5.74) is 0.245. The Morgan fingerprint density at radius 3 is 2.55 bits per heavy atom. The molecule has 0 saturated heterocycles. The van der Waals surface area contributed by atoms with Gasteiger partial charge in [0.25, 0.3) is 10.0 Å². The number of nitrogens with zero attached hydrogens (tertiary/aromatic N) is 2. The van der Waals surface area contributed by atoms with Crippen LogP contribution in [0.2, 0.25) is 5.15 Å². The molecule has 1 N–H and O–H groups in total. The number of hydrogen-bond acceptors (Lipinski definition) is 4. The molecule has 0 saturated carbocycles. The van der Waals surface area contributed by atoms with Crippen LogP contribution < -0.4 is 4.72 Å². The molecule has 0 aliphatic carbocycles. The number of benzene rings is 1. The summed E-state index contributed by atoms with van der Waals surface area (Å²) < 4.78 is 39.8. The zero-order valence-corrected chi connectivity index (χ0v) is 13.1. The zero-order chi connectivity index (χ0) is 14.9. The number of imidazole rings is 1. The maximum atomic E-state index is 12.2. The first-order chi connectivity index (χ1) is 9.33. The predicted octanol–water partition coefficient (Wildman–Crippen LogP) is 1.61. The van der Waals surface area contributed by atoms with Crippen LogP contribution in [0.4, 0.5) is 5.69 Å². The maximum Gasteiger partial charge on any atom is 0.282 e.